The second-order valence-electron chi connectivity index (χ2n) is 10.9. The number of carbonyl (C=O) groups is 1. The third-order valence-corrected chi connectivity index (χ3v) is 8.04. The summed E-state index contributed by atoms with van der Waals surface area (Å²) in [5, 5.41) is 19.9. The highest BCUT2D eigenvalue weighted by atomic mass is 16.5. The van der Waals surface area contributed by atoms with Gasteiger partial charge in [-0.05, 0) is 36.0 Å². The van der Waals surface area contributed by atoms with E-state index < -0.39 is 5.60 Å². The molecule has 1 aromatic carbocycles. The second kappa shape index (κ2) is 9.41. The fourth-order valence-corrected chi connectivity index (χ4v) is 5.45. The van der Waals surface area contributed by atoms with Gasteiger partial charge >= 0.3 is 0 Å². The number of hydrogen-bond acceptors (Lipinski definition) is 7. The SMILES string of the molecule is CC(=O)N1CCC(c2nc(-c3cncc(C(O)(c4ccc(C(C)C)cc4)C4(C)CNC4)c3)no2)CC1. The summed E-state index contributed by atoms with van der Waals surface area (Å²) in [7, 11) is 0. The normalized spacial score (nSPS) is 19.7. The number of piperidine rings is 1. The minimum atomic E-state index is -1.23. The van der Waals surface area contributed by atoms with Crippen LogP contribution in [0.5, 0.6) is 0 Å². The smallest absolute Gasteiger partial charge is 0.230 e. The standard InChI is InChI=1S/C28H35N5O3/c1-18(2)20-5-7-23(8-6-20)28(35,27(4)16-30-17-27)24-13-22(14-29-15-24)25-31-26(36-32-25)21-9-11-33(12-10-21)19(3)34/h5-8,13-15,18,21,30,35H,9-12,16-17H2,1-4H3. The van der Waals surface area contributed by atoms with Gasteiger partial charge in [0, 0.05) is 68.0 Å². The number of aromatic nitrogens is 3. The van der Waals surface area contributed by atoms with Crippen LogP contribution in [-0.2, 0) is 10.4 Å². The van der Waals surface area contributed by atoms with Gasteiger partial charge in [-0.1, -0.05) is 50.2 Å². The number of benzene rings is 1. The van der Waals surface area contributed by atoms with Crippen molar-refractivity contribution in [2.24, 2.45) is 5.41 Å². The summed E-state index contributed by atoms with van der Waals surface area (Å²) in [6.07, 6.45) is 5.05. The van der Waals surface area contributed by atoms with Crippen molar-refractivity contribution in [1.82, 2.24) is 25.3 Å². The monoisotopic (exact) mass is 489 g/mol. The van der Waals surface area contributed by atoms with Gasteiger partial charge in [-0.3, -0.25) is 9.78 Å². The van der Waals surface area contributed by atoms with Gasteiger partial charge < -0.3 is 19.8 Å². The first-order chi connectivity index (χ1) is 17.2. The number of rotatable bonds is 6. The molecule has 5 rings (SSSR count). The molecular formula is C28H35N5O3. The van der Waals surface area contributed by atoms with Gasteiger partial charge in [0.2, 0.25) is 17.6 Å². The van der Waals surface area contributed by atoms with Crippen LogP contribution < -0.4 is 5.32 Å². The zero-order valence-electron chi connectivity index (χ0n) is 21.5. The lowest BCUT2D eigenvalue weighted by Crippen LogP contribution is -2.63. The molecule has 8 nitrogen and oxygen atoms in total. The Balaban J connectivity index is 1.45. The van der Waals surface area contributed by atoms with Crippen LogP contribution in [0.25, 0.3) is 11.4 Å². The lowest BCUT2D eigenvalue weighted by atomic mass is 9.63. The molecule has 2 saturated heterocycles. The molecule has 2 aromatic heterocycles. The largest absolute Gasteiger partial charge is 0.380 e. The second-order valence-corrected chi connectivity index (χ2v) is 10.9. The lowest BCUT2D eigenvalue weighted by Gasteiger charge is -2.52. The van der Waals surface area contributed by atoms with Gasteiger partial charge in [-0.2, -0.15) is 4.98 Å². The quantitative estimate of drug-likeness (QED) is 0.542. The molecule has 36 heavy (non-hydrogen) atoms. The predicted octanol–water partition coefficient (Wildman–Crippen LogP) is 3.83. The van der Waals surface area contributed by atoms with E-state index in [2.05, 4.69) is 53.3 Å². The van der Waals surface area contributed by atoms with Crippen molar-refractivity contribution in [3.63, 3.8) is 0 Å². The first-order valence-electron chi connectivity index (χ1n) is 12.8. The molecule has 2 fully saturated rings. The molecule has 0 saturated carbocycles. The number of amides is 1. The molecule has 2 aliphatic heterocycles. The maximum absolute atomic E-state index is 12.3. The van der Waals surface area contributed by atoms with Crippen LogP contribution in [0.15, 0.2) is 47.2 Å². The Morgan fingerprint density at radius 2 is 1.86 bits per heavy atom. The van der Waals surface area contributed by atoms with Crippen LogP contribution >= 0.6 is 0 Å². The van der Waals surface area contributed by atoms with Gasteiger partial charge in [-0.25, -0.2) is 0 Å². The molecule has 190 valence electrons. The fraction of sp³-hybridized carbons (Fsp3) is 0.500. The van der Waals surface area contributed by atoms with Crippen molar-refractivity contribution >= 4 is 5.91 Å². The topological polar surface area (TPSA) is 104 Å². The van der Waals surface area contributed by atoms with Crippen molar-refractivity contribution in [2.75, 3.05) is 26.2 Å². The first-order valence-corrected chi connectivity index (χ1v) is 12.8. The van der Waals surface area contributed by atoms with Crippen molar-refractivity contribution in [2.45, 2.75) is 58.0 Å². The molecule has 1 unspecified atom stereocenters. The summed E-state index contributed by atoms with van der Waals surface area (Å²) in [4.78, 5) is 22.6. The summed E-state index contributed by atoms with van der Waals surface area (Å²) < 4.78 is 5.63. The Hall–Kier alpha value is -3.10. The van der Waals surface area contributed by atoms with E-state index in [9.17, 15) is 9.90 Å². The first kappa shape index (κ1) is 24.6. The molecular weight excluding hydrogens is 454 g/mol. The Morgan fingerprint density at radius 1 is 1.17 bits per heavy atom. The number of nitrogens with one attached hydrogen (secondary N) is 1. The van der Waals surface area contributed by atoms with E-state index >= 15 is 0 Å². The third kappa shape index (κ3) is 4.22. The maximum Gasteiger partial charge on any atom is 0.230 e. The Morgan fingerprint density at radius 3 is 2.44 bits per heavy atom. The van der Waals surface area contributed by atoms with Crippen molar-refractivity contribution in [3.05, 3.63) is 65.3 Å². The number of aliphatic hydroxyl groups is 1. The number of likely N-dealkylation sites (tertiary alicyclic amines) is 1. The molecule has 1 amide bonds. The highest BCUT2D eigenvalue weighted by Crippen LogP contribution is 2.48. The molecule has 0 radical (unpaired) electrons. The summed E-state index contributed by atoms with van der Waals surface area (Å²) in [5.41, 5.74) is 1.88. The van der Waals surface area contributed by atoms with Crippen LogP contribution in [0, 0.1) is 5.41 Å². The van der Waals surface area contributed by atoms with E-state index in [1.165, 1.54) is 5.56 Å². The zero-order valence-corrected chi connectivity index (χ0v) is 21.5. The van der Waals surface area contributed by atoms with E-state index in [1.807, 2.05) is 23.1 Å². The lowest BCUT2D eigenvalue weighted by molar-refractivity contribution is -0.129. The van der Waals surface area contributed by atoms with Gasteiger partial charge in [0.1, 0.15) is 5.60 Å². The molecule has 1 atom stereocenters. The molecule has 4 heterocycles. The van der Waals surface area contributed by atoms with Crippen LogP contribution in [-0.4, -0.2) is 57.2 Å². The Bertz CT molecular complexity index is 1230. The van der Waals surface area contributed by atoms with Gasteiger partial charge in [-0.15, -0.1) is 0 Å². The van der Waals surface area contributed by atoms with E-state index in [-0.39, 0.29) is 17.2 Å². The van der Waals surface area contributed by atoms with E-state index in [4.69, 9.17) is 4.52 Å². The number of hydrogen-bond donors (Lipinski definition) is 2. The molecule has 0 bridgehead atoms. The highest BCUT2D eigenvalue weighted by Gasteiger charge is 2.53. The van der Waals surface area contributed by atoms with Crippen molar-refractivity contribution in [3.8, 4) is 11.4 Å². The predicted molar refractivity (Wildman–Crippen MR) is 136 cm³/mol. The Labute approximate surface area is 212 Å². The highest BCUT2D eigenvalue weighted by molar-refractivity contribution is 5.73. The molecule has 3 aromatic rings. The maximum atomic E-state index is 12.3. The van der Waals surface area contributed by atoms with Gasteiger partial charge in [0.15, 0.2) is 0 Å². The van der Waals surface area contributed by atoms with E-state index in [0.29, 0.717) is 54.9 Å². The number of nitrogens with zero attached hydrogens (tertiary/aromatic N) is 4. The molecule has 2 N–H and O–H groups in total. The summed E-state index contributed by atoms with van der Waals surface area (Å²) in [6.45, 7) is 10.8. The summed E-state index contributed by atoms with van der Waals surface area (Å²) in [6, 6.07) is 10.2. The third-order valence-electron chi connectivity index (χ3n) is 8.04. The fourth-order valence-electron chi connectivity index (χ4n) is 5.45. The van der Waals surface area contributed by atoms with Crippen molar-refractivity contribution < 1.29 is 14.4 Å². The van der Waals surface area contributed by atoms with E-state index in [0.717, 1.165) is 18.4 Å². The van der Waals surface area contributed by atoms with E-state index in [1.54, 1.807) is 19.3 Å². The molecule has 8 heteroatoms. The molecule has 0 aliphatic carbocycles. The molecule has 2 aliphatic rings. The van der Waals surface area contributed by atoms with Crippen LogP contribution in [0.2, 0.25) is 0 Å². The van der Waals surface area contributed by atoms with Crippen molar-refractivity contribution in [1.29, 1.82) is 0 Å². The van der Waals surface area contributed by atoms with Crippen LogP contribution in [0.1, 0.15) is 75.0 Å². The molecule has 0 spiro atoms. The van der Waals surface area contributed by atoms with Gasteiger partial charge in [0.05, 0.1) is 0 Å². The minimum Gasteiger partial charge on any atom is -0.380 e. The Kier molecular flexibility index (Phi) is 6.43. The zero-order chi connectivity index (χ0) is 25.5. The van der Waals surface area contributed by atoms with Crippen LogP contribution in [0.3, 0.4) is 0 Å². The van der Waals surface area contributed by atoms with Crippen LogP contribution in [0.4, 0.5) is 0 Å². The summed E-state index contributed by atoms with van der Waals surface area (Å²) in [5.74, 6) is 1.70. The number of pyridine rings is 1. The van der Waals surface area contributed by atoms with Gasteiger partial charge in [0.25, 0.3) is 0 Å². The average Bonchev–Trinajstić information content (AvgIpc) is 3.37. The number of carbonyl (C=O) groups excluding carboxylic acids is 1. The summed E-state index contributed by atoms with van der Waals surface area (Å²) >= 11 is 0. The minimum absolute atomic E-state index is 0.101. The average molecular weight is 490 g/mol.